The van der Waals surface area contributed by atoms with Crippen LogP contribution in [0.5, 0.6) is 0 Å². The number of amides is 2. The second-order valence-electron chi connectivity index (χ2n) is 5.52. The molecule has 0 saturated carbocycles. The SMILES string of the molecule is CCCCCCNC(=O)C(NC(=O)c1ccco1)C(C)C. The molecule has 2 N–H and O–H groups in total. The van der Waals surface area contributed by atoms with Crippen LogP contribution < -0.4 is 10.6 Å². The molecule has 0 radical (unpaired) electrons. The van der Waals surface area contributed by atoms with Crippen LogP contribution in [0.1, 0.15) is 57.0 Å². The van der Waals surface area contributed by atoms with E-state index in [-0.39, 0.29) is 23.5 Å². The molecule has 5 heteroatoms. The summed E-state index contributed by atoms with van der Waals surface area (Å²) in [6.45, 7) is 6.61. The summed E-state index contributed by atoms with van der Waals surface area (Å²) < 4.78 is 5.04. The minimum Gasteiger partial charge on any atom is -0.459 e. The zero-order valence-corrected chi connectivity index (χ0v) is 13.1. The molecule has 21 heavy (non-hydrogen) atoms. The predicted molar refractivity (Wildman–Crippen MR) is 82.0 cm³/mol. The molecule has 0 bridgehead atoms. The van der Waals surface area contributed by atoms with Gasteiger partial charge in [0, 0.05) is 6.54 Å². The maximum atomic E-state index is 12.2. The van der Waals surface area contributed by atoms with Gasteiger partial charge in [-0.05, 0) is 24.5 Å². The van der Waals surface area contributed by atoms with Crippen LogP contribution in [0.2, 0.25) is 0 Å². The average molecular weight is 294 g/mol. The smallest absolute Gasteiger partial charge is 0.287 e. The number of furan rings is 1. The van der Waals surface area contributed by atoms with E-state index in [1.54, 1.807) is 12.1 Å². The summed E-state index contributed by atoms with van der Waals surface area (Å²) in [5.41, 5.74) is 0. The number of hydrogen-bond donors (Lipinski definition) is 2. The molecule has 5 nitrogen and oxygen atoms in total. The highest BCUT2D eigenvalue weighted by Gasteiger charge is 2.25. The van der Waals surface area contributed by atoms with Crippen LogP contribution in [-0.2, 0) is 4.79 Å². The summed E-state index contributed by atoms with van der Waals surface area (Å²) in [6, 6.07) is 2.68. The minimum atomic E-state index is -0.547. The summed E-state index contributed by atoms with van der Waals surface area (Å²) in [5, 5.41) is 5.62. The van der Waals surface area contributed by atoms with Gasteiger partial charge in [-0.25, -0.2) is 0 Å². The van der Waals surface area contributed by atoms with Gasteiger partial charge < -0.3 is 15.1 Å². The minimum absolute atomic E-state index is 0.0135. The van der Waals surface area contributed by atoms with Crippen molar-refractivity contribution in [1.82, 2.24) is 10.6 Å². The van der Waals surface area contributed by atoms with E-state index in [0.29, 0.717) is 6.54 Å². The lowest BCUT2D eigenvalue weighted by molar-refractivity contribution is -0.123. The fraction of sp³-hybridized carbons (Fsp3) is 0.625. The Balaban J connectivity index is 2.45. The van der Waals surface area contributed by atoms with Gasteiger partial charge in [0.1, 0.15) is 6.04 Å². The Hall–Kier alpha value is -1.78. The van der Waals surface area contributed by atoms with Crippen LogP contribution in [0.15, 0.2) is 22.8 Å². The number of unbranched alkanes of at least 4 members (excludes halogenated alkanes) is 3. The molecule has 1 atom stereocenters. The van der Waals surface area contributed by atoms with Crippen LogP contribution in [-0.4, -0.2) is 24.4 Å². The van der Waals surface area contributed by atoms with Gasteiger partial charge in [0.05, 0.1) is 6.26 Å². The first-order valence-corrected chi connectivity index (χ1v) is 7.68. The van der Waals surface area contributed by atoms with Crippen molar-refractivity contribution < 1.29 is 14.0 Å². The van der Waals surface area contributed by atoms with E-state index in [1.165, 1.54) is 19.1 Å². The monoisotopic (exact) mass is 294 g/mol. The third-order valence-electron chi connectivity index (χ3n) is 3.31. The first-order chi connectivity index (χ1) is 10.1. The van der Waals surface area contributed by atoms with Gasteiger partial charge in [-0.1, -0.05) is 40.0 Å². The fourth-order valence-electron chi connectivity index (χ4n) is 2.03. The van der Waals surface area contributed by atoms with Gasteiger partial charge in [-0.2, -0.15) is 0 Å². The summed E-state index contributed by atoms with van der Waals surface area (Å²) in [7, 11) is 0. The lowest BCUT2D eigenvalue weighted by atomic mass is 10.0. The molecule has 0 aliphatic carbocycles. The van der Waals surface area contributed by atoms with Crippen molar-refractivity contribution in [3.8, 4) is 0 Å². The van der Waals surface area contributed by atoms with E-state index >= 15 is 0 Å². The van der Waals surface area contributed by atoms with Crippen molar-refractivity contribution in [1.29, 1.82) is 0 Å². The van der Waals surface area contributed by atoms with E-state index < -0.39 is 6.04 Å². The third-order valence-corrected chi connectivity index (χ3v) is 3.31. The Kier molecular flexibility index (Phi) is 7.58. The molecule has 1 rings (SSSR count). The van der Waals surface area contributed by atoms with E-state index in [1.807, 2.05) is 13.8 Å². The van der Waals surface area contributed by atoms with Crippen molar-refractivity contribution >= 4 is 11.8 Å². The zero-order valence-electron chi connectivity index (χ0n) is 13.1. The van der Waals surface area contributed by atoms with Crippen LogP contribution in [0.3, 0.4) is 0 Å². The molecule has 1 heterocycles. The molecule has 0 saturated heterocycles. The van der Waals surface area contributed by atoms with Gasteiger partial charge in [-0.15, -0.1) is 0 Å². The van der Waals surface area contributed by atoms with Crippen molar-refractivity contribution in [2.24, 2.45) is 5.92 Å². The maximum Gasteiger partial charge on any atom is 0.287 e. The summed E-state index contributed by atoms with van der Waals surface area (Å²) >= 11 is 0. The Morgan fingerprint density at radius 2 is 2.00 bits per heavy atom. The lowest BCUT2D eigenvalue weighted by Gasteiger charge is -2.21. The highest BCUT2D eigenvalue weighted by atomic mass is 16.3. The van der Waals surface area contributed by atoms with Crippen molar-refractivity contribution in [2.75, 3.05) is 6.54 Å². The van der Waals surface area contributed by atoms with Gasteiger partial charge in [-0.3, -0.25) is 9.59 Å². The second kappa shape index (κ2) is 9.21. The number of rotatable bonds is 9. The molecule has 2 amide bonds. The molecule has 1 aromatic heterocycles. The van der Waals surface area contributed by atoms with Gasteiger partial charge >= 0.3 is 0 Å². The topological polar surface area (TPSA) is 71.3 Å². The first-order valence-electron chi connectivity index (χ1n) is 7.68. The quantitative estimate of drug-likeness (QED) is 0.688. The third kappa shape index (κ3) is 6.02. The summed E-state index contributed by atoms with van der Waals surface area (Å²) in [6.07, 6.45) is 5.87. The lowest BCUT2D eigenvalue weighted by Crippen LogP contribution is -2.49. The molecule has 1 unspecified atom stereocenters. The Morgan fingerprint density at radius 3 is 2.57 bits per heavy atom. The van der Waals surface area contributed by atoms with Crippen LogP contribution in [0.4, 0.5) is 0 Å². The number of carbonyl (C=O) groups is 2. The van der Waals surface area contributed by atoms with Gasteiger partial charge in [0.25, 0.3) is 5.91 Å². The number of hydrogen-bond acceptors (Lipinski definition) is 3. The van der Waals surface area contributed by atoms with Crippen LogP contribution in [0, 0.1) is 5.92 Å². The largest absolute Gasteiger partial charge is 0.459 e. The average Bonchev–Trinajstić information content (AvgIpc) is 2.98. The summed E-state index contributed by atoms with van der Waals surface area (Å²) in [4.78, 5) is 24.1. The predicted octanol–water partition coefficient (Wildman–Crippen LogP) is 2.73. The first kappa shape index (κ1) is 17.3. The van der Waals surface area contributed by atoms with Crippen molar-refractivity contribution in [3.63, 3.8) is 0 Å². The zero-order chi connectivity index (χ0) is 15.7. The van der Waals surface area contributed by atoms with Crippen LogP contribution >= 0.6 is 0 Å². The molecular formula is C16H26N2O3. The summed E-state index contributed by atoms with van der Waals surface area (Å²) in [5.74, 6) is -0.266. The molecule has 0 aliphatic rings. The number of nitrogens with one attached hydrogen (secondary N) is 2. The molecule has 0 aromatic carbocycles. The normalized spacial score (nSPS) is 12.2. The maximum absolute atomic E-state index is 12.2. The van der Waals surface area contributed by atoms with Crippen molar-refractivity contribution in [3.05, 3.63) is 24.2 Å². The molecule has 118 valence electrons. The van der Waals surface area contributed by atoms with Gasteiger partial charge in [0.15, 0.2) is 5.76 Å². The van der Waals surface area contributed by atoms with Crippen molar-refractivity contribution in [2.45, 2.75) is 52.5 Å². The molecule has 1 aromatic rings. The van der Waals surface area contributed by atoms with E-state index in [4.69, 9.17) is 4.42 Å². The Bertz CT molecular complexity index is 427. The standard InChI is InChI=1S/C16H26N2O3/c1-4-5-6-7-10-17-16(20)14(12(2)3)18-15(19)13-9-8-11-21-13/h8-9,11-12,14H,4-7,10H2,1-3H3,(H,17,20)(H,18,19). The van der Waals surface area contributed by atoms with Crippen LogP contribution in [0.25, 0.3) is 0 Å². The second-order valence-corrected chi connectivity index (χ2v) is 5.52. The van der Waals surface area contributed by atoms with Gasteiger partial charge in [0.2, 0.25) is 5.91 Å². The Labute approximate surface area is 126 Å². The molecule has 0 spiro atoms. The fourth-order valence-corrected chi connectivity index (χ4v) is 2.03. The van der Waals surface area contributed by atoms with E-state index in [0.717, 1.165) is 12.8 Å². The number of carbonyl (C=O) groups excluding carboxylic acids is 2. The molecular weight excluding hydrogens is 268 g/mol. The highest BCUT2D eigenvalue weighted by molar-refractivity contribution is 5.95. The Morgan fingerprint density at radius 1 is 1.24 bits per heavy atom. The van der Waals surface area contributed by atoms with E-state index in [9.17, 15) is 9.59 Å². The van der Waals surface area contributed by atoms with E-state index in [2.05, 4.69) is 17.6 Å². The molecule has 0 fully saturated rings. The molecule has 0 aliphatic heterocycles. The highest BCUT2D eigenvalue weighted by Crippen LogP contribution is 2.06.